The number of fused-ring (bicyclic) bond motifs is 1. The van der Waals surface area contributed by atoms with E-state index in [9.17, 15) is 9.59 Å². The standard InChI is InChI=1S/C20H22BrNO4S/c1-4-25-20(24)17-14-6-5-7-15(14)27-19(17)22-16(23)10-26-18-11(2)8-13(21)9-12(18)3/h8-9H,4-7,10H2,1-3H3,(H,22,23). The van der Waals surface area contributed by atoms with Gasteiger partial charge >= 0.3 is 5.97 Å². The van der Waals surface area contributed by atoms with Crippen LogP contribution >= 0.6 is 27.3 Å². The molecule has 1 aromatic heterocycles. The lowest BCUT2D eigenvalue weighted by Gasteiger charge is -2.13. The maximum atomic E-state index is 12.4. The Morgan fingerprint density at radius 1 is 1.22 bits per heavy atom. The molecule has 0 aliphatic heterocycles. The first kappa shape index (κ1) is 19.9. The summed E-state index contributed by atoms with van der Waals surface area (Å²) < 4.78 is 11.9. The molecule has 0 unspecified atom stereocenters. The van der Waals surface area contributed by atoms with E-state index in [1.165, 1.54) is 11.3 Å². The highest BCUT2D eigenvalue weighted by molar-refractivity contribution is 9.10. The van der Waals surface area contributed by atoms with E-state index in [1.54, 1.807) is 6.92 Å². The minimum Gasteiger partial charge on any atom is -0.483 e. The van der Waals surface area contributed by atoms with Crippen LogP contribution in [0.5, 0.6) is 5.75 Å². The first-order valence-electron chi connectivity index (χ1n) is 8.91. The molecule has 3 rings (SSSR count). The highest BCUT2D eigenvalue weighted by Gasteiger charge is 2.28. The number of carbonyl (C=O) groups is 2. The van der Waals surface area contributed by atoms with Crippen molar-refractivity contribution in [2.75, 3.05) is 18.5 Å². The Bertz CT molecular complexity index is 867. The van der Waals surface area contributed by atoms with Gasteiger partial charge in [0.15, 0.2) is 6.61 Å². The Balaban J connectivity index is 1.73. The molecular weight excluding hydrogens is 430 g/mol. The second-order valence-corrected chi connectivity index (χ2v) is 8.51. The van der Waals surface area contributed by atoms with Gasteiger partial charge in [0.2, 0.25) is 0 Å². The molecule has 1 heterocycles. The zero-order chi connectivity index (χ0) is 19.6. The molecule has 0 atom stereocenters. The van der Waals surface area contributed by atoms with E-state index < -0.39 is 0 Å². The minimum atomic E-state index is -0.368. The lowest BCUT2D eigenvalue weighted by atomic mass is 10.1. The van der Waals surface area contributed by atoms with Crippen molar-refractivity contribution in [2.24, 2.45) is 0 Å². The molecular formula is C20H22BrNO4S. The maximum Gasteiger partial charge on any atom is 0.341 e. The quantitative estimate of drug-likeness (QED) is 0.639. The molecule has 27 heavy (non-hydrogen) atoms. The molecule has 144 valence electrons. The molecule has 1 aliphatic carbocycles. The third-order valence-corrected chi connectivity index (χ3v) is 6.09. The van der Waals surface area contributed by atoms with Crippen molar-refractivity contribution < 1.29 is 19.1 Å². The monoisotopic (exact) mass is 451 g/mol. The topological polar surface area (TPSA) is 64.6 Å². The molecule has 2 aromatic rings. The number of benzene rings is 1. The number of aryl methyl sites for hydroxylation is 3. The van der Waals surface area contributed by atoms with Crippen LogP contribution in [0.15, 0.2) is 16.6 Å². The molecule has 7 heteroatoms. The average Bonchev–Trinajstić information content (AvgIpc) is 3.14. The van der Waals surface area contributed by atoms with E-state index in [2.05, 4.69) is 21.2 Å². The van der Waals surface area contributed by atoms with E-state index in [4.69, 9.17) is 9.47 Å². The molecule has 1 N–H and O–H groups in total. The SMILES string of the molecule is CCOC(=O)c1c(NC(=O)COc2c(C)cc(Br)cc2C)sc2c1CCC2. The highest BCUT2D eigenvalue weighted by atomic mass is 79.9. The molecule has 0 radical (unpaired) electrons. The fourth-order valence-corrected chi connectivity index (χ4v) is 5.32. The van der Waals surface area contributed by atoms with Gasteiger partial charge in [-0.2, -0.15) is 0 Å². The third-order valence-electron chi connectivity index (χ3n) is 4.43. The van der Waals surface area contributed by atoms with Crippen molar-refractivity contribution in [3.05, 3.63) is 43.7 Å². The summed E-state index contributed by atoms with van der Waals surface area (Å²) in [6, 6.07) is 3.89. The molecule has 0 saturated carbocycles. The molecule has 0 fully saturated rings. The number of thiophene rings is 1. The normalized spacial score (nSPS) is 12.6. The van der Waals surface area contributed by atoms with Crippen LogP contribution in [0.3, 0.4) is 0 Å². The lowest BCUT2D eigenvalue weighted by Crippen LogP contribution is -2.21. The summed E-state index contributed by atoms with van der Waals surface area (Å²) in [6.07, 6.45) is 2.83. The van der Waals surface area contributed by atoms with Gasteiger partial charge in [-0.1, -0.05) is 15.9 Å². The van der Waals surface area contributed by atoms with Gasteiger partial charge in [-0.05, 0) is 68.9 Å². The van der Waals surface area contributed by atoms with Gasteiger partial charge in [-0.3, -0.25) is 4.79 Å². The van der Waals surface area contributed by atoms with Gasteiger partial charge in [0.05, 0.1) is 12.2 Å². The first-order chi connectivity index (χ1) is 12.9. The predicted molar refractivity (Wildman–Crippen MR) is 110 cm³/mol. The van der Waals surface area contributed by atoms with Crippen molar-refractivity contribution >= 4 is 44.1 Å². The van der Waals surface area contributed by atoms with Crippen molar-refractivity contribution in [3.8, 4) is 5.75 Å². The summed E-state index contributed by atoms with van der Waals surface area (Å²) in [6.45, 7) is 5.84. The Morgan fingerprint density at radius 3 is 2.59 bits per heavy atom. The van der Waals surface area contributed by atoms with Crippen LogP contribution in [0, 0.1) is 13.8 Å². The molecule has 1 aliphatic rings. The number of ether oxygens (including phenoxy) is 2. The van der Waals surface area contributed by atoms with Crippen LogP contribution in [-0.4, -0.2) is 25.1 Å². The fourth-order valence-electron chi connectivity index (χ4n) is 3.34. The van der Waals surface area contributed by atoms with Crippen molar-refractivity contribution in [3.63, 3.8) is 0 Å². The van der Waals surface area contributed by atoms with Crippen molar-refractivity contribution in [1.29, 1.82) is 0 Å². The lowest BCUT2D eigenvalue weighted by molar-refractivity contribution is -0.118. The number of anilines is 1. The summed E-state index contributed by atoms with van der Waals surface area (Å²) in [5.41, 5.74) is 3.45. The van der Waals surface area contributed by atoms with Crippen LogP contribution in [0.1, 0.15) is 45.3 Å². The summed E-state index contributed by atoms with van der Waals surface area (Å²) in [5, 5.41) is 3.41. The van der Waals surface area contributed by atoms with Gasteiger partial charge in [0, 0.05) is 9.35 Å². The van der Waals surface area contributed by atoms with Crippen molar-refractivity contribution in [1.82, 2.24) is 0 Å². The van der Waals surface area contributed by atoms with Gasteiger partial charge in [-0.15, -0.1) is 11.3 Å². The van der Waals surface area contributed by atoms with Crippen LogP contribution in [0.25, 0.3) is 0 Å². The van der Waals surface area contributed by atoms with Crippen LogP contribution < -0.4 is 10.1 Å². The zero-order valence-corrected chi connectivity index (χ0v) is 18.0. The minimum absolute atomic E-state index is 0.117. The molecule has 0 bridgehead atoms. The molecule has 1 aromatic carbocycles. The number of esters is 1. The fraction of sp³-hybridized carbons (Fsp3) is 0.400. The molecule has 0 spiro atoms. The second-order valence-electron chi connectivity index (χ2n) is 6.49. The van der Waals surface area contributed by atoms with E-state index in [0.717, 1.165) is 45.3 Å². The van der Waals surface area contributed by atoms with Gasteiger partial charge in [0.1, 0.15) is 10.8 Å². The maximum absolute atomic E-state index is 12.4. The summed E-state index contributed by atoms with van der Waals surface area (Å²) in [4.78, 5) is 26.0. The van der Waals surface area contributed by atoms with Gasteiger partial charge < -0.3 is 14.8 Å². The number of nitrogens with one attached hydrogen (secondary N) is 1. The van der Waals surface area contributed by atoms with Crippen LogP contribution in [-0.2, 0) is 22.4 Å². The first-order valence-corrected chi connectivity index (χ1v) is 10.5. The number of carbonyl (C=O) groups excluding carboxylic acids is 2. The number of halogens is 1. The Hall–Kier alpha value is -1.86. The smallest absolute Gasteiger partial charge is 0.341 e. The number of rotatable bonds is 6. The Labute approximate surface area is 171 Å². The number of hydrogen-bond acceptors (Lipinski definition) is 5. The number of amides is 1. The van der Waals surface area contributed by atoms with E-state index >= 15 is 0 Å². The summed E-state index contributed by atoms with van der Waals surface area (Å²) in [7, 11) is 0. The largest absolute Gasteiger partial charge is 0.483 e. The molecule has 5 nitrogen and oxygen atoms in total. The second kappa shape index (κ2) is 8.44. The summed E-state index contributed by atoms with van der Waals surface area (Å²) >= 11 is 4.92. The molecule has 0 saturated heterocycles. The Morgan fingerprint density at radius 2 is 1.93 bits per heavy atom. The van der Waals surface area contributed by atoms with Crippen LogP contribution in [0.4, 0.5) is 5.00 Å². The third kappa shape index (κ3) is 4.35. The Kier molecular flexibility index (Phi) is 6.22. The van der Waals surface area contributed by atoms with E-state index in [-0.39, 0.29) is 18.5 Å². The van der Waals surface area contributed by atoms with Crippen molar-refractivity contribution in [2.45, 2.75) is 40.0 Å². The summed E-state index contributed by atoms with van der Waals surface area (Å²) in [5.74, 6) is 0.0440. The van der Waals surface area contributed by atoms with Gasteiger partial charge in [0.25, 0.3) is 5.91 Å². The molecule has 1 amide bonds. The highest BCUT2D eigenvalue weighted by Crippen LogP contribution is 2.39. The van der Waals surface area contributed by atoms with E-state index in [0.29, 0.717) is 22.9 Å². The predicted octanol–water partition coefficient (Wildman–Crippen LogP) is 4.81. The zero-order valence-electron chi connectivity index (χ0n) is 15.6. The van der Waals surface area contributed by atoms with E-state index in [1.807, 2.05) is 26.0 Å². The average molecular weight is 452 g/mol. The number of hydrogen-bond donors (Lipinski definition) is 1. The van der Waals surface area contributed by atoms with Crippen LogP contribution in [0.2, 0.25) is 0 Å². The van der Waals surface area contributed by atoms with Gasteiger partial charge in [-0.25, -0.2) is 4.79 Å².